The van der Waals surface area contributed by atoms with Crippen molar-refractivity contribution < 1.29 is 14.7 Å². The van der Waals surface area contributed by atoms with E-state index in [1.807, 2.05) is 44.2 Å². The van der Waals surface area contributed by atoms with Crippen molar-refractivity contribution in [3.8, 4) is 0 Å². The van der Waals surface area contributed by atoms with Crippen LogP contribution in [0.25, 0.3) is 0 Å². The molecule has 3 N–H and O–H groups in total. The number of carboxylic acid groups (broad SMARTS) is 1. The van der Waals surface area contributed by atoms with Crippen LogP contribution in [-0.4, -0.2) is 41.0 Å². The summed E-state index contributed by atoms with van der Waals surface area (Å²) in [5.74, 6) is -1.05. The number of rotatable bonds is 8. The second-order valence-corrected chi connectivity index (χ2v) is 6.47. The number of hydrogen-bond acceptors (Lipinski definition) is 3. The molecule has 0 aliphatic heterocycles. The molecule has 0 saturated carbocycles. The SMILES string of the molecule is CC(=C[C@H](C(C)C)N(C)C(=O)[C@@H](N)CCc1ccccc1)C(=O)O. The number of amides is 1. The van der Waals surface area contributed by atoms with Gasteiger partial charge in [0.2, 0.25) is 5.91 Å². The zero-order valence-electron chi connectivity index (χ0n) is 14.9. The molecule has 2 atom stereocenters. The van der Waals surface area contributed by atoms with E-state index in [1.165, 1.54) is 6.92 Å². The molecule has 132 valence electrons. The number of nitrogens with zero attached hydrogens (tertiary/aromatic N) is 1. The lowest BCUT2D eigenvalue weighted by molar-refractivity contribution is -0.134. The summed E-state index contributed by atoms with van der Waals surface area (Å²) in [6.45, 7) is 5.44. The van der Waals surface area contributed by atoms with Crippen molar-refractivity contribution >= 4 is 11.9 Å². The second-order valence-electron chi connectivity index (χ2n) is 6.47. The van der Waals surface area contributed by atoms with Crippen molar-refractivity contribution in [3.63, 3.8) is 0 Å². The lowest BCUT2D eigenvalue weighted by Crippen LogP contribution is -2.48. The number of carbonyl (C=O) groups is 2. The minimum absolute atomic E-state index is 0.0922. The molecule has 5 heteroatoms. The van der Waals surface area contributed by atoms with E-state index in [1.54, 1.807) is 18.0 Å². The van der Waals surface area contributed by atoms with Gasteiger partial charge in [-0.05, 0) is 31.2 Å². The fraction of sp³-hybridized carbons (Fsp3) is 0.474. The van der Waals surface area contributed by atoms with Crippen molar-refractivity contribution in [2.45, 2.75) is 45.7 Å². The Hall–Kier alpha value is -2.14. The van der Waals surface area contributed by atoms with Gasteiger partial charge in [-0.3, -0.25) is 4.79 Å². The summed E-state index contributed by atoms with van der Waals surface area (Å²) in [5.41, 5.74) is 7.44. The molecule has 0 aliphatic carbocycles. The van der Waals surface area contributed by atoms with E-state index in [0.717, 1.165) is 12.0 Å². The highest BCUT2D eigenvalue weighted by atomic mass is 16.4. The number of carboxylic acids is 1. The van der Waals surface area contributed by atoms with Gasteiger partial charge in [-0.2, -0.15) is 0 Å². The zero-order valence-corrected chi connectivity index (χ0v) is 14.9. The number of benzene rings is 1. The lowest BCUT2D eigenvalue weighted by atomic mass is 9.98. The Labute approximate surface area is 144 Å². The van der Waals surface area contributed by atoms with E-state index < -0.39 is 12.0 Å². The predicted molar refractivity (Wildman–Crippen MR) is 95.5 cm³/mol. The van der Waals surface area contributed by atoms with Crippen molar-refractivity contribution in [3.05, 3.63) is 47.5 Å². The number of carbonyl (C=O) groups excluding carboxylic acids is 1. The third-order valence-corrected chi connectivity index (χ3v) is 4.14. The highest BCUT2D eigenvalue weighted by molar-refractivity contribution is 5.86. The normalized spacial score (nSPS) is 14.3. The molecular weight excluding hydrogens is 304 g/mol. The highest BCUT2D eigenvalue weighted by Gasteiger charge is 2.26. The first-order chi connectivity index (χ1) is 11.2. The highest BCUT2D eigenvalue weighted by Crippen LogP contribution is 2.15. The molecule has 1 aromatic carbocycles. The van der Waals surface area contributed by atoms with Crippen molar-refractivity contribution in [1.82, 2.24) is 4.90 Å². The Bertz CT molecular complexity index is 582. The number of hydrogen-bond donors (Lipinski definition) is 2. The van der Waals surface area contributed by atoms with Crippen molar-refractivity contribution in [1.29, 1.82) is 0 Å². The second kappa shape index (κ2) is 9.23. The van der Waals surface area contributed by atoms with Gasteiger partial charge >= 0.3 is 5.97 Å². The van der Waals surface area contributed by atoms with Gasteiger partial charge in [-0.15, -0.1) is 0 Å². The molecule has 1 amide bonds. The molecule has 0 unspecified atom stereocenters. The van der Waals surface area contributed by atoms with Gasteiger partial charge in [0.25, 0.3) is 0 Å². The lowest BCUT2D eigenvalue weighted by Gasteiger charge is -2.31. The first kappa shape index (κ1) is 19.9. The van der Waals surface area contributed by atoms with Crippen LogP contribution in [0.15, 0.2) is 42.0 Å². The third-order valence-electron chi connectivity index (χ3n) is 4.14. The van der Waals surface area contributed by atoms with E-state index >= 15 is 0 Å². The van der Waals surface area contributed by atoms with Crippen LogP contribution in [0.5, 0.6) is 0 Å². The maximum absolute atomic E-state index is 12.6. The topological polar surface area (TPSA) is 83.6 Å². The molecule has 0 bridgehead atoms. The summed E-state index contributed by atoms with van der Waals surface area (Å²) in [5, 5.41) is 9.06. The average Bonchev–Trinajstić information content (AvgIpc) is 2.56. The van der Waals surface area contributed by atoms with Gasteiger partial charge in [0.15, 0.2) is 0 Å². The minimum atomic E-state index is -0.977. The van der Waals surface area contributed by atoms with Gasteiger partial charge in [0, 0.05) is 12.6 Å². The maximum Gasteiger partial charge on any atom is 0.331 e. The molecule has 0 radical (unpaired) electrons. The Morgan fingerprint density at radius 1 is 1.25 bits per heavy atom. The third kappa shape index (κ3) is 5.81. The van der Waals surface area contributed by atoms with Gasteiger partial charge in [-0.25, -0.2) is 4.79 Å². The summed E-state index contributed by atoms with van der Waals surface area (Å²) < 4.78 is 0. The number of likely N-dealkylation sites (N-methyl/N-ethyl adjacent to an activating group) is 1. The summed E-state index contributed by atoms with van der Waals surface area (Å²) >= 11 is 0. The first-order valence-corrected chi connectivity index (χ1v) is 8.22. The summed E-state index contributed by atoms with van der Waals surface area (Å²) in [4.78, 5) is 25.2. The number of aryl methyl sites for hydroxylation is 1. The Balaban J connectivity index is 2.75. The fourth-order valence-electron chi connectivity index (χ4n) is 2.58. The maximum atomic E-state index is 12.6. The fourth-order valence-corrected chi connectivity index (χ4v) is 2.58. The van der Waals surface area contributed by atoms with Gasteiger partial charge in [0.05, 0.1) is 12.1 Å². The Morgan fingerprint density at radius 3 is 2.33 bits per heavy atom. The summed E-state index contributed by atoms with van der Waals surface area (Å²) in [7, 11) is 1.68. The minimum Gasteiger partial charge on any atom is -0.478 e. The molecule has 24 heavy (non-hydrogen) atoms. The van der Waals surface area contributed by atoms with Crippen LogP contribution in [0.4, 0.5) is 0 Å². The molecular formula is C19H28N2O3. The van der Waals surface area contributed by atoms with Crippen LogP contribution < -0.4 is 5.73 Å². The smallest absolute Gasteiger partial charge is 0.331 e. The zero-order chi connectivity index (χ0) is 18.3. The molecule has 0 spiro atoms. The van der Waals surface area contributed by atoms with E-state index in [-0.39, 0.29) is 23.4 Å². The Morgan fingerprint density at radius 2 is 1.83 bits per heavy atom. The van der Waals surface area contributed by atoms with E-state index in [0.29, 0.717) is 6.42 Å². The van der Waals surface area contributed by atoms with E-state index in [2.05, 4.69) is 0 Å². The number of nitrogens with two attached hydrogens (primary N) is 1. The molecule has 0 aromatic heterocycles. The predicted octanol–water partition coefficient (Wildman–Crippen LogP) is 2.46. The summed E-state index contributed by atoms with van der Waals surface area (Å²) in [6.07, 6.45) is 2.91. The number of aliphatic carboxylic acids is 1. The largest absolute Gasteiger partial charge is 0.478 e. The molecule has 0 saturated heterocycles. The van der Waals surface area contributed by atoms with Crippen molar-refractivity contribution in [2.24, 2.45) is 11.7 Å². The monoisotopic (exact) mass is 332 g/mol. The van der Waals surface area contributed by atoms with Gasteiger partial charge < -0.3 is 15.7 Å². The molecule has 0 heterocycles. The molecule has 1 aromatic rings. The van der Waals surface area contributed by atoms with Crippen LogP contribution >= 0.6 is 0 Å². The van der Waals surface area contributed by atoms with Gasteiger partial charge in [-0.1, -0.05) is 50.3 Å². The van der Waals surface area contributed by atoms with Crippen LogP contribution in [0.3, 0.4) is 0 Å². The summed E-state index contributed by atoms with van der Waals surface area (Å²) in [6, 6.07) is 9.00. The molecule has 1 rings (SSSR count). The quantitative estimate of drug-likeness (QED) is 0.716. The van der Waals surface area contributed by atoms with Gasteiger partial charge in [0.1, 0.15) is 0 Å². The van der Waals surface area contributed by atoms with Crippen molar-refractivity contribution in [2.75, 3.05) is 7.05 Å². The van der Waals surface area contributed by atoms with E-state index in [4.69, 9.17) is 10.8 Å². The molecule has 0 aliphatic rings. The van der Waals surface area contributed by atoms with E-state index in [9.17, 15) is 9.59 Å². The molecule has 5 nitrogen and oxygen atoms in total. The first-order valence-electron chi connectivity index (χ1n) is 8.22. The molecule has 0 fully saturated rings. The van der Waals surface area contributed by atoms with Crippen LogP contribution in [0.1, 0.15) is 32.8 Å². The Kier molecular flexibility index (Phi) is 7.65. The average molecular weight is 332 g/mol. The van der Waals surface area contributed by atoms with Crippen LogP contribution in [-0.2, 0) is 16.0 Å². The standard InChI is InChI=1S/C19H28N2O3/c1-13(2)17(12-14(3)19(23)24)21(4)18(22)16(20)11-10-15-8-6-5-7-9-15/h5-9,12-13,16-17H,10-11,20H2,1-4H3,(H,23,24)/t16-,17+/m0/s1. The van der Waals surface area contributed by atoms with Crippen LogP contribution in [0, 0.1) is 5.92 Å². The van der Waals surface area contributed by atoms with Crippen LogP contribution in [0.2, 0.25) is 0 Å².